The van der Waals surface area contributed by atoms with Crippen molar-refractivity contribution in [1.29, 1.82) is 0 Å². The van der Waals surface area contributed by atoms with Crippen LogP contribution in [0.25, 0.3) is 10.8 Å². The van der Waals surface area contributed by atoms with Gasteiger partial charge in [0.05, 0.1) is 14.8 Å². The Morgan fingerprint density at radius 2 is 1.44 bits per heavy atom. The van der Waals surface area contributed by atoms with Crippen molar-refractivity contribution in [1.82, 2.24) is 0 Å². The van der Waals surface area contributed by atoms with Gasteiger partial charge in [0.15, 0.2) is 0 Å². The Labute approximate surface area is 157 Å². The Kier molecular flexibility index (Phi) is 3.35. The molecule has 0 N–H and O–H groups in total. The van der Waals surface area contributed by atoms with Gasteiger partial charge in [-0.1, -0.05) is 71.5 Å². The fraction of sp³-hybridized carbons (Fsp3) is 0. The number of allylic oxidation sites excluding steroid dienone is 2. The van der Waals surface area contributed by atoms with Crippen LogP contribution in [0, 0.1) is 0 Å². The molecule has 0 radical (unpaired) electrons. The van der Waals surface area contributed by atoms with Gasteiger partial charge >= 0.3 is 0 Å². The summed E-state index contributed by atoms with van der Waals surface area (Å²) in [4.78, 5) is 28.3. The molecule has 0 bridgehead atoms. The van der Waals surface area contributed by atoms with Crippen molar-refractivity contribution in [2.45, 2.75) is 9.79 Å². The predicted molar refractivity (Wildman–Crippen MR) is 103 cm³/mol. The van der Waals surface area contributed by atoms with E-state index in [0.29, 0.717) is 26.0 Å². The number of benzene rings is 3. The first-order chi connectivity index (χ1) is 12.1. The summed E-state index contributed by atoms with van der Waals surface area (Å²) in [5.74, 6) is -0.193. The van der Waals surface area contributed by atoms with E-state index in [1.54, 1.807) is 6.07 Å². The van der Waals surface area contributed by atoms with Gasteiger partial charge in [0, 0.05) is 26.3 Å². The molecule has 25 heavy (non-hydrogen) atoms. The minimum Gasteiger partial charge on any atom is -0.288 e. The van der Waals surface area contributed by atoms with Crippen molar-refractivity contribution in [3.05, 3.63) is 80.6 Å². The van der Waals surface area contributed by atoms with Crippen molar-refractivity contribution in [2.24, 2.45) is 0 Å². The molecule has 0 atom stereocenters. The zero-order valence-electron chi connectivity index (χ0n) is 12.7. The molecule has 2 nitrogen and oxygen atoms in total. The van der Waals surface area contributed by atoms with Gasteiger partial charge in [-0.25, -0.2) is 0 Å². The van der Waals surface area contributed by atoms with Crippen LogP contribution in [0.2, 0.25) is 5.02 Å². The molecule has 120 valence electrons. The van der Waals surface area contributed by atoms with Crippen LogP contribution >= 0.6 is 35.1 Å². The van der Waals surface area contributed by atoms with Crippen LogP contribution in [0.4, 0.5) is 0 Å². The van der Waals surface area contributed by atoms with Gasteiger partial charge in [0.2, 0.25) is 11.6 Å². The van der Waals surface area contributed by atoms with Gasteiger partial charge in [0.25, 0.3) is 0 Å². The summed E-state index contributed by atoms with van der Waals surface area (Å²) in [7, 11) is 0. The Bertz CT molecular complexity index is 1150. The van der Waals surface area contributed by atoms with Crippen molar-refractivity contribution < 1.29 is 9.59 Å². The summed E-state index contributed by atoms with van der Waals surface area (Å²) < 4.78 is 0. The van der Waals surface area contributed by atoms with E-state index in [9.17, 15) is 9.59 Å². The maximum Gasteiger partial charge on any atom is 0.202 e. The van der Waals surface area contributed by atoms with Gasteiger partial charge < -0.3 is 0 Å². The van der Waals surface area contributed by atoms with E-state index >= 15 is 0 Å². The Balaban J connectivity index is 1.70. The zero-order valence-corrected chi connectivity index (χ0v) is 15.1. The number of hydrogen-bond acceptors (Lipinski definition) is 4. The van der Waals surface area contributed by atoms with Gasteiger partial charge in [-0.15, -0.1) is 0 Å². The highest BCUT2D eigenvalue weighted by atomic mass is 35.5. The van der Waals surface area contributed by atoms with Crippen molar-refractivity contribution >= 4 is 57.5 Å². The van der Waals surface area contributed by atoms with E-state index in [4.69, 9.17) is 11.6 Å². The van der Waals surface area contributed by atoms with Crippen LogP contribution in [0.3, 0.4) is 0 Å². The number of hydrogen-bond donors (Lipinski definition) is 0. The Morgan fingerprint density at radius 1 is 0.760 bits per heavy atom. The highest BCUT2D eigenvalue weighted by molar-refractivity contribution is 8.08. The number of carbonyl (C=O) groups is 2. The molecule has 3 aromatic carbocycles. The number of halogens is 1. The third kappa shape index (κ3) is 2.15. The fourth-order valence-corrected chi connectivity index (χ4v) is 5.86. The molecule has 0 fully saturated rings. The van der Waals surface area contributed by atoms with E-state index < -0.39 is 0 Å². The summed E-state index contributed by atoms with van der Waals surface area (Å²) in [6.45, 7) is 0. The first-order valence-corrected chi connectivity index (χ1v) is 9.66. The molecule has 0 amide bonds. The Morgan fingerprint density at radius 3 is 2.28 bits per heavy atom. The monoisotopic (exact) mass is 380 g/mol. The standard InChI is InChI=1S/C20H9ClO2S2/c21-15-11-6-2-1-5-10(11)9-13-17(23)20(25-18(13)15)19-16(22)12-7-3-4-8-14(12)24-19/h1-9H/b20-19+. The van der Waals surface area contributed by atoms with Crippen molar-refractivity contribution in [3.63, 3.8) is 0 Å². The lowest BCUT2D eigenvalue weighted by Crippen LogP contribution is -2.02. The molecular formula is C20H9ClO2S2. The fourth-order valence-electron chi connectivity index (χ4n) is 3.14. The third-order valence-corrected chi connectivity index (χ3v) is 7.38. The molecule has 0 aliphatic carbocycles. The second-order valence-corrected chi connectivity index (χ2v) is 8.26. The average molecular weight is 381 g/mol. The minimum absolute atomic E-state index is 0.0788. The highest BCUT2D eigenvalue weighted by Gasteiger charge is 2.37. The quantitative estimate of drug-likeness (QED) is 0.449. The van der Waals surface area contributed by atoms with E-state index in [1.165, 1.54) is 23.5 Å². The van der Waals surface area contributed by atoms with Crippen LogP contribution in [0.1, 0.15) is 20.7 Å². The summed E-state index contributed by atoms with van der Waals surface area (Å²) in [6, 6.07) is 17.0. The molecule has 5 rings (SSSR count). The van der Waals surface area contributed by atoms with Gasteiger partial charge in [-0.2, -0.15) is 0 Å². The zero-order chi connectivity index (χ0) is 17.1. The molecule has 5 heteroatoms. The van der Waals surface area contributed by atoms with Crippen LogP contribution in [-0.4, -0.2) is 11.6 Å². The van der Waals surface area contributed by atoms with Crippen molar-refractivity contribution in [3.8, 4) is 0 Å². The molecule has 0 saturated carbocycles. The number of rotatable bonds is 0. The first-order valence-electron chi connectivity index (χ1n) is 7.65. The van der Waals surface area contributed by atoms with Crippen LogP contribution in [0.15, 0.2) is 74.2 Å². The summed E-state index contributed by atoms with van der Waals surface area (Å²) in [6.07, 6.45) is 0. The average Bonchev–Trinajstić information content (AvgIpc) is 3.14. The molecule has 0 aromatic heterocycles. The molecular weight excluding hydrogens is 372 g/mol. The second kappa shape index (κ2) is 5.49. The third-order valence-electron chi connectivity index (χ3n) is 4.35. The number of Topliss-reactive ketones (excluding diaryl/α,β-unsaturated/α-hetero) is 2. The normalized spacial score (nSPS) is 18.8. The maximum absolute atomic E-state index is 13.0. The lowest BCUT2D eigenvalue weighted by Gasteiger charge is -2.04. The largest absolute Gasteiger partial charge is 0.288 e. The Hall–Kier alpha value is -2.01. The summed E-state index contributed by atoms with van der Waals surface area (Å²) in [5, 5.41) is 2.43. The minimum atomic E-state index is -0.115. The van der Waals surface area contributed by atoms with Gasteiger partial charge in [0.1, 0.15) is 0 Å². The highest BCUT2D eigenvalue weighted by Crippen LogP contribution is 2.52. The molecule has 0 spiro atoms. The topological polar surface area (TPSA) is 34.1 Å². The molecule has 2 heterocycles. The van der Waals surface area contributed by atoms with Gasteiger partial charge in [-0.3, -0.25) is 9.59 Å². The first kappa shape index (κ1) is 15.3. The van der Waals surface area contributed by atoms with E-state index in [1.807, 2.05) is 48.5 Å². The smallest absolute Gasteiger partial charge is 0.202 e. The van der Waals surface area contributed by atoms with Crippen LogP contribution in [0.5, 0.6) is 0 Å². The predicted octanol–water partition coefficient (Wildman–Crippen LogP) is 5.98. The van der Waals surface area contributed by atoms with E-state index in [-0.39, 0.29) is 11.6 Å². The van der Waals surface area contributed by atoms with Crippen molar-refractivity contribution in [2.75, 3.05) is 0 Å². The number of ketones is 2. The molecule has 2 aliphatic rings. The number of carbonyl (C=O) groups excluding carboxylic acids is 2. The lowest BCUT2D eigenvalue weighted by molar-refractivity contribution is 0.101. The van der Waals surface area contributed by atoms with E-state index in [0.717, 1.165) is 20.6 Å². The summed E-state index contributed by atoms with van der Waals surface area (Å²) >= 11 is 9.25. The van der Waals surface area contributed by atoms with E-state index in [2.05, 4.69) is 0 Å². The van der Waals surface area contributed by atoms with Crippen LogP contribution in [-0.2, 0) is 0 Å². The maximum atomic E-state index is 13.0. The van der Waals surface area contributed by atoms with Gasteiger partial charge in [-0.05, 0) is 23.6 Å². The SMILES string of the molecule is O=C1/C(=C2\Sc3c(cc4ccccc4c3Cl)C2=O)Sc2ccccc21. The molecule has 3 aromatic rings. The lowest BCUT2D eigenvalue weighted by atomic mass is 10.0. The molecule has 0 unspecified atom stereocenters. The number of thioether (sulfide) groups is 2. The molecule has 2 aliphatic heterocycles. The second-order valence-electron chi connectivity index (χ2n) is 5.81. The van der Waals surface area contributed by atoms with Crippen LogP contribution < -0.4 is 0 Å². The summed E-state index contributed by atoms with van der Waals surface area (Å²) in [5.41, 5.74) is 1.25. The number of fused-ring (bicyclic) bond motifs is 3. The molecule has 0 saturated heterocycles.